The summed E-state index contributed by atoms with van der Waals surface area (Å²) < 4.78 is 18.4. The standard InChI is InChI=1S/C15H20FNO/c1-5-15(2,3)17(4)9-10-18-12-13-7-6-8-14(16)11-13/h1,6-8,11H,9-10,12H2,2-4H3. The first-order valence-corrected chi connectivity index (χ1v) is 5.97. The molecule has 0 N–H and O–H groups in total. The molecule has 0 aliphatic carbocycles. The van der Waals surface area contributed by atoms with Gasteiger partial charge in [0, 0.05) is 6.54 Å². The molecule has 1 rings (SSSR count). The minimum atomic E-state index is -0.276. The first-order chi connectivity index (χ1) is 8.45. The van der Waals surface area contributed by atoms with E-state index in [0.717, 1.165) is 12.1 Å². The van der Waals surface area contributed by atoms with Crippen molar-refractivity contribution in [2.24, 2.45) is 0 Å². The number of rotatable bonds is 6. The van der Waals surface area contributed by atoms with Crippen LogP contribution in [0.5, 0.6) is 0 Å². The molecule has 0 saturated carbocycles. The largest absolute Gasteiger partial charge is 0.375 e. The molecular formula is C15H20FNO. The lowest BCUT2D eigenvalue weighted by molar-refractivity contribution is 0.0814. The predicted molar refractivity (Wildman–Crippen MR) is 71.6 cm³/mol. The topological polar surface area (TPSA) is 12.5 Å². The molecule has 0 aliphatic heterocycles. The summed E-state index contributed by atoms with van der Waals surface area (Å²) in [6, 6.07) is 6.43. The number of terminal acetylenes is 1. The highest BCUT2D eigenvalue weighted by atomic mass is 19.1. The summed E-state index contributed by atoms with van der Waals surface area (Å²) in [5, 5.41) is 0. The number of nitrogens with zero attached hydrogens (tertiary/aromatic N) is 1. The molecule has 1 aromatic rings. The molecule has 98 valence electrons. The zero-order chi connectivity index (χ0) is 13.6. The van der Waals surface area contributed by atoms with E-state index in [-0.39, 0.29) is 11.4 Å². The summed E-state index contributed by atoms with van der Waals surface area (Å²) in [5.74, 6) is 2.49. The van der Waals surface area contributed by atoms with Gasteiger partial charge in [-0.1, -0.05) is 18.1 Å². The maximum absolute atomic E-state index is 12.9. The maximum atomic E-state index is 12.9. The quantitative estimate of drug-likeness (QED) is 0.568. The Morgan fingerprint density at radius 2 is 2.17 bits per heavy atom. The molecule has 1 aromatic carbocycles. The second kappa shape index (κ2) is 6.53. The molecule has 0 amide bonds. The van der Waals surface area contributed by atoms with Gasteiger partial charge in [0.1, 0.15) is 5.82 Å². The van der Waals surface area contributed by atoms with E-state index < -0.39 is 0 Å². The molecule has 2 nitrogen and oxygen atoms in total. The Morgan fingerprint density at radius 1 is 1.44 bits per heavy atom. The first-order valence-electron chi connectivity index (χ1n) is 5.97. The Hall–Kier alpha value is -1.37. The molecule has 0 unspecified atom stereocenters. The van der Waals surface area contributed by atoms with Crippen molar-refractivity contribution in [2.75, 3.05) is 20.2 Å². The average molecular weight is 249 g/mol. The molecule has 0 fully saturated rings. The van der Waals surface area contributed by atoms with Gasteiger partial charge >= 0.3 is 0 Å². The van der Waals surface area contributed by atoms with Gasteiger partial charge in [-0.15, -0.1) is 6.42 Å². The van der Waals surface area contributed by atoms with Crippen LogP contribution in [0.1, 0.15) is 19.4 Å². The summed E-state index contributed by atoms with van der Waals surface area (Å²) in [7, 11) is 1.96. The zero-order valence-corrected chi connectivity index (χ0v) is 11.2. The number of halogens is 1. The fourth-order valence-electron chi connectivity index (χ4n) is 1.41. The van der Waals surface area contributed by atoms with E-state index in [1.807, 2.05) is 27.0 Å². The van der Waals surface area contributed by atoms with Gasteiger partial charge < -0.3 is 4.74 Å². The van der Waals surface area contributed by atoms with Crippen LogP contribution in [0, 0.1) is 18.2 Å². The second-order valence-corrected chi connectivity index (χ2v) is 4.81. The van der Waals surface area contributed by atoms with Crippen molar-refractivity contribution in [3.05, 3.63) is 35.6 Å². The lowest BCUT2D eigenvalue weighted by Gasteiger charge is -2.30. The van der Waals surface area contributed by atoms with Crippen molar-refractivity contribution < 1.29 is 9.13 Å². The van der Waals surface area contributed by atoms with E-state index in [4.69, 9.17) is 11.2 Å². The van der Waals surface area contributed by atoms with Crippen LogP contribution in [0.25, 0.3) is 0 Å². The van der Waals surface area contributed by atoms with E-state index in [1.54, 1.807) is 6.07 Å². The monoisotopic (exact) mass is 249 g/mol. The van der Waals surface area contributed by atoms with E-state index in [9.17, 15) is 4.39 Å². The summed E-state index contributed by atoms with van der Waals surface area (Å²) in [6.45, 7) is 5.70. The van der Waals surface area contributed by atoms with Crippen LogP contribution in [0.3, 0.4) is 0 Å². The van der Waals surface area contributed by atoms with Gasteiger partial charge in [-0.05, 0) is 38.6 Å². The van der Waals surface area contributed by atoms with Crippen LogP contribution in [-0.4, -0.2) is 30.6 Å². The highest BCUT2D eigenvalue weighted by Crippen LogP contribution is 2.10. The van der Waals surface area contributed by atoms with Gasteiger partial charge in [-0.25, -0.2) is 4.39 Å². The highest BCUT2D eigenvalue weighted by molar-refractivity contribution is 5.15. The second-order valence-electron chi connectivity index (χ2n) is 4.81. The SMILES string of the molecule is C#CC(C)(C)N(C)CCOCc1cccc(F)c1. The molecule has 0 aromatic heterocycles. The fourth-order valence-corrected chi connectivity index (χ4v) is 1.41. The van der Waals surface area contributed by atoms with Crippen molar-refractivity contribution in [1.82, 2.24) is 4.90 Å². The molecular weight excluding hydrogens is 229 g/mol. The van der Waals surface area contributed by atoms with Gasteiger partial charge in [0.2, 0.25) is 0 Å². The number of hydrogen-bond acceptors (Lipinski definition) is 2. The smallest absolute Gasteiger partial charge is 0.123 e. The van der Waals surface area contributed by atoms with Crippen LogP contribution >= 0.6 is 0 Å². The van der Waals surface area contributed by atoms with Crippen LogP contribution < -0.4 is 0 Å². The third-order valence-electron chi connectivity index (χ3n) is 3.04. The van der Waals surface area contributed by atoms with Gasteiger partial charge in [-0.3, -0.25) is 4.90 Å². The Balaban J connectivity index is 2.30. The fraction of sp³-hybridized carbons (Fsp3) is 0.467. The number of ether oxygens (including phenoxy) is 1. The Bertz CT molecular complexity index is 423. The van der Waals surface area contributed by atoms with Crippen LogP contribution in [0.4, 0.5) is 4.39 Å². The number of benzene rings is 1. The van der Waals surface area contributed by atoms with Gasteiger partial charge in [0.15, 0.2) is 0 Å². The van der Waals surface area contributed by atoms with Crippen LogP contribution in [0.2, 0.25) is 0 Å². The molecule has 0 atom stereocenters. The molecule has 0 saturated heterocycles. The van der Waals surface area contributed by atoms with E-state index in [1.165, 1.54) is 12.1 Å². The molecule has 0 bridgehead atoms. The van der Waals surface area contributed by atoms with Crippen LogP contribution in [0.15, 0.2) is 24.3 Å². The summed E-state index contributed by atoms with van der Waals surface area (Å²) in [4.78, 5) is 2.05. The maximum Gasteiger partial charge on any atom is 0.123 e. The van der Waals surface area contributed by atoms with Crippen molar-refractivity contribution in [2.45, 2.75) is 26.0 Å². The lowest BCUT2D eigenvalue weighted by atomic mass is 10.1. The third-order valence-corrected chi connectivity index (χ3v) is 3.04. The summed E-state index contributed by atoms with van der Waals surface area (Å²) in [6.07, 6.45) is 5.44. The molecule has 0 radical (unpaired) electrons. The van der Waals surface area contributed by atoms with E-state index in [2.05, 4.69) is 10.8 Å². The van der Waals surface area contributed by atoms with Crippen molar-refractivity contribution in [1.29, 1.82) is 0 Å². The normalized spacial score (nSPS) is 11.6. The van der Waals surface area contributed by atoms with Crippen molar-refractivity contribution in [3.8, 4) is 12.3 Å². The van der Waals surface area contributed by atoms with Gasteiger partial charge in [0.25, 0.3) is 0 Å². The van der Waals surface area contributed by atoms with Crippen molar-refractivity contribution in [3.63, 3.8) is 0 Å². The average Bonchev–Trinajstić information content (AvgIpc) is 2.34. The van der Waals surface area contributed by atoms with Crippen molar-refractivity contribution >= 4 is 0 Å². The van der Waals surface area contributed by atoms with Crippen LogP contribution in [-0.2, 0) is 11.3 Å². The summed E-state index contributed by atoms with van der Waals surface area (Å²) >= 11 is 0. The molecule has 0 heterocycles. The Labute approximate surface area is 109 Å². The van der Waals surface area contributed by atoms with E-state index >= 15 is 0 Å². The molecule has 18 heavy (non-hydrogen) atoms. The predicted octanol–water partition coefficient (Wildman–Crippen LogP) is 2.69. The Morgan fingerprint density at radius 3 is 2.78 bits per heavy atom. The minimum Gasteiger partial charge on any atom is -0.375 e. The summed E-state index contributed by atoms with van der Waals surface area (Å²) in [5.41, 5.74) is 0.566. The molecule has 3 heteroatoms. The molecule has 0 spiro atoms. The molecule has 0 aliphatic rings. The first kappa shape index (κ1) is 14.7. The van der Waals surface area contributed by atoms with Gasteiger partial charge in [0.05, 0.1) is 18.8 Å². The number of hydrogen-bond donors (Lipinski definition) is 0. The minimum absolute atomic E-state index is 0.235. The highest BCUT2D eigenvalue weighted by Gasteiger charge is 2.19. The van der Waals surface area contributed by atoms with E-state index in [0.29, 0.717) is 13.2 Å². The van der Waals surface area contributed by atoms with Gasteiger partial charge in [-0.2, -0.15) is 0 Å². The third kappa shape index (κ3) is 4.48. The Kier molecular flexibility index (Phi) is 5.33. The number of likely N-dealkylation sites (N-methyl/N-ethyl adjacent to an activating group) is 1. The zero-order valence-electron chi connectivity index (χ0n) is 11.2. The lowest BCUT2D eigenvalue weighted by Crippen LogP contribution is -2.41.